The lowest BCUT2D eigenvalue weighted by atomic mass is 10.0. The van der Waals surface area contributed by atoms with E-state index in [9.17, 15) is 9.59 Å². The van der Waals surface area contributed by atoms with Gasteiger partial charge in [0.1, 0.15) is 0 Å². The summed E-state index contributed by atoms with van der Waals surface area (Å²) in [5.74, 6) is 1.91. The monoisotopic (exact) mass is 424 g/mol. The van der Waals surface area contributed by atoms with Crippen LogP contribution in [0.15, 0.2) is 18.2 Å². The third kappa shape index (κ3) is 3.98. The van der Waals surface area contributed by atoms with Gasteiger partial charge in [-0.15, -0.1) is 0 Å². The highest BCUT2D eigenvalue weighted by atomic mass is 16.7. The van der Waals surface area contributed by atoms with E-state index in [1.807, 2.05) is 30.1 Å². The summed E-state index contributed by atoms with van der Waals surface area (Å²) >= 11 is 0. The molecule has 1 fully saturated rings. The predicted octanol–water partition coefficient (Wildman–Crippen LogP) is 2.54. The Hall–Kier alpha value is -3.03. The molecule has 1 N–H and O–H groups in total. The molecule has 0 unspecified atom stereocenters. The van der Waals surface area contributed by atoms with Crippen LogP contribution < -0.4 is 14.8 Å². The van der Waals surface area contributed by atoms with Crippen LogP contribution in [0.1, 0.15) is 59.4 Å². The number of carbonyl (C=O) groups is 2. The molecule has 3 aliphatic rings. The zero-order valence-corrected chi connectivity index (χ0v) is 17.9. The number of amides is 2. The van der Waals surface area contributed by atoms with Gasteiger partial charge in [-0.1, -0.05) is 18.9 Å². The fourth-order valence-corrected chi connectivity index (χ4v) is 4.90. The summed E-state index contributed by atoms with van der Waals surface area (Å²) in [5, 5.41) is 7.44. The molecule has 0 bridgehead atoms. The quantitative estimate of drug-likeness (QED) is 0.797. The minimum atomic E-state index is -0.223. The van der Waals surface area contributed by atoms with Gasteiger partial charge in [-0.3, -0.25) is 14.3 Å². The first-order chi connectivity index (χ1) is 15.1. The van der Waals surface area contributed by atoms with Crippen molar-refractivity contribution in [2.24, 2.45) is 13.0 Å². The van der Waals surface area contributed by atoms with E-state index in [0.29, 0.717) is 43.4 Å². The lowest BCUT2D eigenvalue weighted by Crippen LogP contribution is -2.37. The van der Waals surface area contributed by atoms with Gasteiger partial charge in [0.05, 0.1) is 0 Å². The number of fused-ring (bicyclic) bond motifs is 2. The Labute approximate surface area is 181 Å². The zero-order valence-electron chi connectivity index (χ0n) is 17.9. The summed E-state index contributed by atoms with van der Waals surface area (Å²) < 4.78 is 12.5. The molecule has 8 nitrogen and oxygen atoms in total. The Bertz CT molecular complexity index is 1010. The summed E-state index contributed by atoms with van der Waals surface area (Å²) in [7, 11) is 1.86. The Morgan fingerprint density at radius 1 is 1.19 bits per heavy atom. The molecule has 31 heavy (non-hydrogen) atoms. The van der Waals surface area contributed by atoms with Gasteiger partial charge in [-0.2, -0.15) is 5.10 Å². The first-order valence-corrected chi connectivity index (χ1v) is 11.1. The molecule has 2 aromatic rings. The second-order valence-corrected chi connectivity index (χ2v) is 8.69. The second-order valence-electron chi connectivity index (χ2n) is 8.69. The number of aromatic nitrogens is 2. The fraction of sp³-hybridized carbons (Fsp3) is 0.522. The Kier molecular flexibility index (Phi) is 5.29. The van der Waals surface area contributed by atoms with Crippen molar-refractivity contribution < 1.29 is 19.1 Å². The molecule has 0 radical (unpaired) electrons. The Balaban J connectivity index is 1.26. The number of ether oxygens (including phenoxy) is 2. The molecule has 1 saturated carbocycles. The van der Waals surface area contributed by atoms with Crippen LogP contribution in [0, 0.1) is 5.92 Å². The van der Waals surface area contributed by atoms with Crippen molar-refractivity contribution in [3.63, 3.8) is 0 Å². The fourth-order valence-electron chi connectivity index (χ4n) is 4.90. The van der Waals surface area contributed by atoms with E-state index in [1.54, 1.807) is 4.68 Å². The van der Waals surface area contributed by atoms with Crippen molar-refractivity contribution in [3.05, 3.63) is 40.7 Å². The summed E-state index contributed by atoms with van der Waals surface area (Å²) in [6.07, 6.45) is 6.14. The maximum Gasteiger partial charge on any atom is 0.272 e. The van der Waals surface area contributed by atoms with Gasteiger partial charge in [0.15, 0.2) is 17.2 Å². The highest BCUT2D eigenvalue weighted by molar-refractivity contribution is 5.94. The van der Waals surface area contributed by atoms with Crippen molar-refractivity contribution in [3.8, 4) is 11.5 Å². The first kappa shape index (κ1) is 19.9. The molecule has 0 atom stereocenters. The molecule has 0 spiro atoms. The number of hydrogen-bond donors (Lipinski definition) is 1. The average Bonchev–Trinajstić information content (AvgIpc) is 3.52. The normalized spacial score (nSPS) is 17.6. The number of hydrogen-bond acceptors (Lipinski definition) is 5. The summed E-state index contributed by atoms with van der Waals surface area (Å²) in [4.78, 5) is 27.7. The van der Waals surface area contributed by atoms with Crippen molar-refractivity contribution in [2.45, 2.75) is 51.6 Å². The molecule has 1 aromatic carbocycles. The SMILES string of the molecule is Cn1nc(C(=O)NCc2ccc3c(c2)OCO3)c2c1CCN(C(=O)CC1CCCC1)C2. The van der Waals surface area contributed by atoms with Crippen molar-refractivity contribution in [1.82, 2.24) is 20.0 Å². The van der Waals surface area contributed by atoms with E-state index in [0.717, 1.165) is 41.8 Å². The van der Waals surface area contributed by atoms with E-state index >= 15 is 0 Å². The standard InChI is InChI=1S/C23H28N4O4/c1-26-18-8-9-27(21(28)11-15-4-2-3-5-15)13-17(18)22(25-26)23(29)24-12-16-6-7-19-20(10-16)31-14-30-19/h6-7,10,15H,2-5,8-9,11-14H2,1H3,(H,24,29). The first-order valence-electron chi connectivity index (χ1n) is 11.1. The van der Waals surface area contributed by atoms with Crippen LogP contribution in [-0.4, -0.2) is 39.8 Å². The molecule has 8 heteroatoms. The van der Waals surface area contributed by atoms with Gasteiger partial charge >= 0.3 is 0 Å². The third-order valence-corrected chi connectivity index (χ3v) is 6.64. The zero-order chi connectivity index (χ0) is 21.4. The highest BCUT2D eigenvalue weighted by Crippen LogP contribution is 2.33. The van der Waals surface area contributed by atoms with Gasteiger partial charge < -0.3 is 19.7 Å². The lowest BCUT2D eigenvalue weighted by molar-refractivity contribution is -0.133. The molecule has 5 rings (SSSR count). The molecular formula is C23H28N4O4. The Morgan fingerprint density at radius 3 is 2.84 bits per heavy atom. The molecule has 0 saturated heterocycles. The van der Waals surface area contributed by atoms with E-state index in [-0.39, 0.29) is 18.6 Å². The topological polar surface area (TPSA) is 85.7 Å². The molecular weight excluding hydrogens is 396 g/mol. The number of nitrogens with zero attached hydrogens (tertiary/aromatic N) is 3. The lowest BCUT2D eigenvalue weighted by Gasteiger charge is -2.28. The molecule has 2 aliphatic heterocycles. The summed E-state index contributed by atoms with van der Waals surface area (Å²) in [6, 6.07) is 5.63. The highest BCUT2D eigenvalue weighted by Gasteiger charge is 2.30. The molecule has 1 aromatic heterocycles. The van der Waals surface area contributed by atoms with Crippen LogP contribution in [0.2, 0.25) is 0 Å². The summed E-state index contributed by atoms with van der Waals surface area (Å²) in [5.41, 5.74) is 3.25. The Morgan fingerprint density at radius 2 is 2.00 bits per heavy atom. The van der Waals surface area contributed by atoms with E-state index in [2.05, 4.69) is 10.4 Å². The minimum Gasteiger partial charge on any atom is -0.454 e. The smallest absolute Gasteiger partial charge is 0.272 e. The van der Waals surface area contributed by atoms with Gasteiger partial charge in [-0.05, 0) is 36.5 Å². The number of nitrogens with one attached hydrogen (secondary N) is 1. The van der Waals surface area contributed by atoms with Gasteiger partial charge in [0.2, 0.25) is 12.7 Å². The third-order valence-electron chi connectivity index (χ3n) is 6.64. The van der Waals surface area contributed by atoms with E-state index < -0.39 is 0 Å². The van der Waals surface area contributed by atoms with Crippen molar-refractivity contribution in [1.29, 1.82) is 0 Å². The van der Waals surface area contributed by atoms with E-state index in [4.69, 9.17) is 9.47 Å². The second kappa shape index (κ2) is 8.24. The number of carbonyl (C=O) groups excluding carboxylic acids is 2. The van der Waals surface area contributed by atoms with E-state index in [1.165, 1.54) is 12.8 Å². The average molecular weight is 425 g/mol. The van der Waals surface area contributed by atoms with Crippen molar-refractivity contribution >= 4 is 11.8 Å². The van der Waals surface area contributed by atoms with Gasteiger partial charge in [-0.25, -0.2) is 0 Å². The molecule has 164 valence electrons. The van der Waals surface area contributed by atoms with Gasteiger partial charge in [0.25, 0.3) is 5.91 Å². The van der Waals surface area contributed by atoms with Gasteiger partial charge in [0, 0.05) is 50.8 Å². The number of rotatable bonds is 5. The number of aryl methyl sites for hydroxylation is 1. The van der Waals surface area contributed by atoms with Crippen LogP contribution in [0.5, 0.6) is 11.5 Å². The summed E-state index contributed by atoms with van der Waals surface area (Å²) in [6.45, 7) is 1.74. The van der Waals surface area contributed by atoms with Crippen LogP contribution in [0.4, 0.5) is 0 Å². The molecule has 1 aliphatic carbocycles. The largest absolute Gasteiger partial charge is 0.454 e. The van der Waals surface area contributed by atoms with Crippen LogP contribution in [-0.2, 0) is 31.4 Å². The van der Waals surface area contributed by atoms with Crippen molar-refractivity contribution in [2.75, 3.05) is 13.3 Å². The van der Waals surface area contributed by atoms with Crippen LogP contribution >= 0.6 is 0 Å². The predicted molar refractivity (Wildman–Crippen MR) is 113 cm³/mol. The molecule has 3 heterocycles. The maximum atomic E-state index is 12.9. The van der Waals surface area contributed by atoms with Crippen LogP contribution in [0.25, 0.3) is 0 Å². The van der Waals surface area contributed by atoms with Crippen LogP contribution in [0.3, 0.4) is 0 Å². The maximum absolute atomic E-state index is 12.9. The molecule has 2 amide bonds. The minimum absolute atomic E-state index is 0.202. The number of benzene rings is 1.